The fourth-order valence-electron chi connectivity index (χ4n) is 2.34. The van der Waals surface area contributed by atoms with Gasteiger partial charge in [0.05, 0.1) is 12.3 Å². The number of aliphatic hydroxyl groups excluding tert-OH is 2. The summed E-state index contributed by atoms with van der Waals surface area (Å²) >= 11 is 5.85. The van der Waals surface area contributed by atoms with Crippen LogP contribution in [0.4, 0.5) is 4.39 Å². The second-order valence-corrected chi connectivity index (χ2v) is 6.23. The largest absolute Gasteiger partial charge is 0.454 e. The molecule has 1 unspecified atom stereocenters. The van der Waals surface area contributed by atoms with E-state index in [0.29, 0.717) is 33.5 Å². The van der Waals surface area contributed by atoms with E-state index in [1.54, 1.807) is 37.3 Å². The van der Waals surface area contributed by atoms with Gasteiger partial charge in [-0.25, -0.2) is 14.4 Å². The Balaban J connectivity index is 0.000000941. The Hall–Kier alpha value is -3.07. The number of benzene rings is 2. The zero-order chi connectivity index (χ0) is 21.4. The van der Waals surface area contributed by atoms with Crippen LogP contribution in [-0.4, -0.2) is 33.2 Å². The highest BCUT2D eigenvalue weighted by molar-refractivity contribution is 6.30. The van der Waals surface area contributed by atoms with Crippen LogP contribution in [-0.2, 0) is 4.79 Å². The minimum absolute atomic E-state index is 0.0328. The number of halogens is 2. The van der Waals surface area contributed by atoms with E-state index in [2.05, 4.69) is 15.7 Å². The summed E-state index contributed by atoms with van der Waals surface area (Å²) in [5, 5.41) is 19.2. The number of nitrogens with zero attached hydrogens (tertiary/aromatic N) is 2. The number of amides is 1. The summed E-state index contributed by atoms with van der Waals surface area (Å²) in [5.41, 5.74) is 5.87. The molecule has 0 aliphatic rings. The molecule has 9 heteroatoms. The topological polar surface area (TPSA) is 119 Å². The molecule has 0 saturated carbocycles. The zero-order valence-electron chi connectivity index (χ0n) is 15.4. The van der Waals surface area contributed by atoms with Gasteiger partial charge < -0.3 is 20.7 Å². The van der Waals surface area contributed by atoms with Crippen molar-refractivity contribution < 1.29 is 24.1 Å². The number of carbonyl (C=O) groups is 1. The van der Waals surface area contributed by atoms with Gasteiger partial charge in [-0.15, -0.1) is 0 Å². The summed E-state index contributed by atoms with van der Waals surface area (Å²) < 4.78 is 19.3. The normalized spacial score (nSPS) is 11.2. The van der Waals surface area contributed by atoms with Gasteiger partial charge in [-0.05, 0) is 49.4 Å². The van der Waals surface area contributed by atoms with E-state index >= 15 is 0 Å². The number of hydrogen-bond donors (Lipinski definition) is 3. The molecule has 0 radical (unpaired) electrons. The van der Waals surface area contributed by atoms with Crippen molar-refractivity contribution in [3.63, 3.8) is 0 Å². The lowest BCUT2D eigenvalue weighted by atomic mass is 10.1. The van der Waals surface area contributed by atoms with Crippen molar-refractivity contribution >= 4 is 18.0 Å². The van der Waals surface area contributed by atoms with Gasteiger partial charge in [0.2, 0.25) is 6.41 Å². The van der Waals surface area contributed by atoms with Crippen molar-refractivity contribution in [3.05, 3.63) is 70.8 Å². The number of primary amides is 1. The van der Waals surface area contributed by atoms with Gasteiger partial charge in [-0.1, -0.05) is 11.6 Å². The quantitative estimate of drug-likeness (QED) is 0.546. The van der Waals surface area contributed by atoms with Crippen LogP contribution in [0.5, 0.6) is 11.5 Å². The van der Waals surface area contributed by atoms with Crippen molar-refractivity contribution in [1.29, 1.82) is 0 Å². The van der Waals surface area contributed by atoms with Gasteiger partial charge in [-0.2, -0.15) is 0 Å². The molecule has 0 saturated heterocycles. The zero-order valence-corrected chi connectivity index (χ0v) is 16.2. The van der Waals surface area contributed by atoms with Crippen LogP contribution < -0.4 is 10.5 Å². The van der Waals surface area contributed by atoms with Gasteiger partial charge in [0.25, 0.3) is 0 Å². The number of ether oxygens (including phenoxy) is 1. The first-order chi connectivity index (χ1) is 13.9. The van der Waals surface area contributed by atoms with Gasteiger partial charge in [0.15, 0.2) is 17.4 Å². The first kappa shape index (κ1) is 22.2. The van der Waals surface area contributed by atoms with Crippen LogP contribution in [0.15, 0.2) is 48.5 Å². The first-order valence-electron chi connectivity index (χ1n) is 8.41. The lowest BCUT2D eigenvalue weighted by Gasteiger charge is -2.11. The Bertz CT molecular complexity index is 970. The number of nitrogens with two attached hydrogens (primary N) is 1. The Labute approximate surface area is 171 Å². The number of aromatic nitrogens is 2. The number of hydrogen-bond acceptors (Lipinski definition) is 6. The second kappa shape index (κ2) is 10.5. The van der Waals surface area contributed by atoms with Crippen LogP contribution in [0.2, 0.25) is 5.02 Å². The van der Waals surface area contributed by atoms with Gasteiger partial charge in [0, 0.05) is 22.3 Å². The molecule has 3 aromatic rings. The van der Waals surface area contributed by atoms with E-state index in [9.17, 15) is 9.50 Å². The summed E-state index contributed by atoms with van der Waals surface area (Å²) in [6.07, 6.45) is -0.816. The van der Waals surface area contributed by atoms with Crippen LogP contribution in [0.1, 0.15) is 17.5 Å². The molecule has 1 aromatic heterocycles. The number of carbonyl (C=O) groups excluding carboxylic acids is 1. The average molecular weight is 420 g/mol. The molecule has 4 N–H and O–H groups in total. The van der Waals surface area contributed by atoms with Crippen molar-refractivity contribution in [2.75, 3.05) is 6.61 Å². The van der Waals surface area contributed by atoms with E-state index in [0.717, 1.165) is 0 Å². The van der Waals surface area contributed by atoms with E-state index < -0.39 is 18.5 Å². The molecule has 0 spiro atoms. The van der Waals surface area contributed by atoms with Crippen LogP contribution in [0.3, 0.4) is 0 Å². The summed E-state index contributed by atoms with van der Waals surface area (Å²) in [6.45, 7) is 1.35. The molecule has 0 aliphatic carbocycles. The minimum Gasteiger partial charge on any atom is -0.454 e. The molecule has 152 valence electrons. The maximum Gasteiger partial charge on any atom is 0.204 e. The number of rotatable bonds is 5. The molecular formula is C20H19ClFN3O4. The van der Waals surface area contributed by atoms with Crippen LogP contribution in [0, 0.1) is 12.7 Å². The molecule has 0 aliphatic heterocycles. The maximum atomic E-state index is 13.7. The van der Waals surface area contributed by atoms with Gasteiger partial charge in [-0.3, -0.25) is 4.79 Å². The number of aryl methyl sites for hydroxylation is 1. The Kier molecular flexibility index (Phi) is 8.02. The molecule has 0 fully saturated rings. The monoisotopic (exact) mass is 419 g/mol. The predicted molar refractivity (Wildman–Crippen MR) is 106 cm³/mol. The summed E-state index contributed by atoms with van der Waals surface area (Å²) in [7, 11) is 0. The van der Waals surface area contributed by atoms with E-state index in [1.165, 1.54) is 18.2 Å². The third-order valence-corrected chi connectivity index (χ3v) is 3.86. The SMILES string of the molecule is Cc1cc(C(O)CO)nc(-c2ccc(Oc3cc(Cl)ccc3F)cc2)n1.NC=O. The highest BCUT2D eigenvalue weighted by Gasteiger charge is 2.12. The van der Waals surface area contributed by atoms with Crippen molar-refractivity contribution in [2.24, 2.45) is 5.73 Å². The van der Waals surface area contributed by atoms with Crippen molar-refractivity contribution in [2.45, 2.75) is 13.0 Å². The third kappa shape index (κ3) is 6.21. The molecule has 1 amide bonds. The molecule has 1 atom stereocenters. The maximum absolute atomic E-state index is 13.7. The van der Waals surface area contributed by atoms with Crippen LogP contribution in [0.25, 0.3) is 11.4 Å². The molecular weight excluding hydrogens is 401 g/mol. The van der Waals surface area contributed by atoms with E-state index in [-0.39, 0.29) is 12.2 Å². The molecule has 3 rings (SSSR count). The molecule has 2 aromatic carbocycles. The standard InChI is InChI=1S/C19H16ClFN2O3.CH3NO/c1-11-8-16(17(25)10-24)23-19(22-11)12-2-5-14(6-3-12)26-18-9-13(20)4-7-15(18)21;2-1-3/h2-9,17,24-25H,10H2,1H3;1H,(H2,2,3). The first-order valence-corrected chi connectivity index (χ1v) is 8.79. The molecule has 0 bridgehead atoms. The highest BCUT2D eigenvalue weighted by Crippen LogP contribution is 2.29. The Morgan fingerprint density at radius 3 is 2.48 bits per heavy atom. The van der Waals surface area contributed by atoms with E-state index in [1.807, 2.05) is 0 Å². The lowest BCUT2D eigenvalue weighted by Crippen LogP contribution is -2.07. The summed E-state index contributed by atoms with van der Waals surface area (Å²) in [4.78, 5) is 17.2. The second-order valence-electron chi connectivity index (χ2n) is 5.79. The summed E-state index contributed by atoms with van der Waals surface area (Å²) in [5.74, 6) is 0.361. The smallest absolute Gasteiger partial charge is 0.204 e. The number of aliphatic hydroxyl groups is 2. The van der Waals surface area contributed by atoms with Crippen LogP contribution >= 0.6 is 11.6 Å². The van der Waals surface area contributed by atoms with Crippen molar-refractivity contribution in [1.82, 2.24) is 9.97 Å². The minimum atomic E-state index is -1.07. The molecule has 1 heterocycles. The Morgan fingerprint density at radius 2 is 1.86 bits per heavy atom. The average Bonchev–Trinajstić information content (AvgIpc) is 2.71. The predicted octanol–water partition coefficient (Wildman–Crippen LogP) is 3.16. The fraction of sp³-hybridized carbons (Fsp3) is 0.150. The molecule has 7 nitrogen and oxygen atoms in total. The van der Waals surface area contributed by atoms with Gasteiger partial charge in [0.1, 0.15) is 11.9 Å². The van der Waals surface area contributed by atoms with Crippen molar-refractivity contribution in [3.8, 4) is 22.9 Å². The van der Waals surface area contributed by atoms with E-state index in [4.69, 9.17) is 26.2 Å². The van der Waals surface area contributed by atoms with Gasteiger partial charge >= 0.3 is 0 Å². The molecule has 29 heavy (non-hydrogen) atoms. The fourth-order valence-corrected chi connectivity index (χ4v) is 2.50. The summed E-state index contributed by atoms with van der Waals surface area (Å²) in [6, 6.07) is 12.5. The lowest BCUT2D eigenvalue weighted by molar-refractivity contribution is -0.106. The Morgan fingerprint density at radius 1 is 1.21 bits per heavy atom. The highest BCUT2D eigenvalue weighted by atomic mass is 35.5. The third-order valence-electron chi connectivity index (χ3n) is 3.62.